The lowest BCUT2D eigenvalue weighted by Crippen LogP contribution is -2.13. The summed E-state index contributed by atoms with van der Waals surface area (Å²) >= 11 is 0. The minimum absolute atomic E-state index is 0. The van der Waals surface area contributed by atoms with Gasteiger partial charge < -0.3 is 27.7 Å². The van der Waals surface area contributed by atoms with Gasteiger partial charge in [-0.05, 0) is 6.92 Å². The molecule has 0 heterocycles. The Hall–Kier alpha value is -0.945. The van der Waals surface area contributed by atoms with Crippen LogP contribution in [0.4, 0.5) is 17.3 Å². The number of halogens is 4. The Balaban J connectivity index is -0.000000150. The van der Waals surface area contributed by atoms with Gasteiger partial charge in [0.05, 0.1) is 7.11 Å². The highest BCUT2D eigenvalue weighted by Gasteiger charge is 2.20. The Morgan fingerprint density at radius 2 is 1.83 bits per heavy atom. The molecule has 0 unspecified atom stereocenters. The Morgan fingerprint density at radius 1 is 1.50 bits per heavy atom. The number of amidine groups is 1. The van der Waals surface area contributed by atoms with Crippen molar-refractivity contribution in [2.75, 3.05) is 13.7 Å². The van der Waals surface area contributed by atoms with E-state index in [0.717, 1.165) is 0 Å². The van der Waals surface area contributed by atoms with Gasteiger partial charge in [-0.1, -0.05) is 0 Å². The first-order valence-corrected chi connectivity index (χ1v) is 3.02. The number of hydrogen-bond acceptors (Lipinski definition) is 2. The monoisotopic (exact) mass is 190 g/mol. The largest absolute Gasteiger partial charge is 1.00 e. The summed E-state index contributed by atoms with van der Waals surface area (Å²) in [5.41, 5.74) is 5.11. The zero-order valence-corrected chi connectivity index (χ0v) is 6.73. The van der Waals surface area contributed by atoms with Crippen LogP contribution in [0.2, 0.25) is 0 Å². The van der Waals surface area contributed by atoms with Gasteiger partial charge in [0.15, 0.2) is 0 Å². The van der Waals surface area contributed by atoms with Gasteiger partial charge in [0.2, 0.25) is 0 Å². The molecule has 0 aromatic rings. The van der Waals surface area contributed by atoms with Crippen molar-refractivity contribution >= 4 is 13.3 Å². The van der Waals surface area contributed by atoms with Crippen molar-refractivity contribution in [2.45, 2.75) is 6.92 Å². The highest BCUT2D eigenvalue weighted by atomic mass is 19.5. The van der Waals surface area contributed by atoms with Crippen molar-refractivity contribution in [3.63, 3.8) is 0 Å². The van der Waals surface area contributed by atoms with Crippen LogP contribution in [0.1, 0.15) is 8.35 Å². The maximum absolute atomic E-state index is 9.75. The van der Waals surface area contributed by atoms with Crippen molar-refractivity contribution in [2.24, 2.45) is 10.7 Å². The Bertz CT molecular complexity index is 137. The number of ether oxygens (including phenoxy) is 1. The molecule has 0 aliphatic heterocycles. The number of methoxy groups -OCH3 is 1. The van der Waals surface area contributed by atoms with E-state index in [9.17, 15) is 17.3 Å². The molecule has 0 atom stereocenters. The zero-order valence-electron chi connectivity index (χ0n) is 7.73. The molecular formula is C4H11BF4N2O. The Morgan fingerprint density at radius 3 is 1.92 bits per heavy atom. The summed E-state index contributed by atoms with van der Waals surface area (Å²) < 4.78 is 43.5. The van der Waals surface area contributed by atoms with Crippen LogP contribution in [0.25, 0.3) is 0 Å². The first kappa shape index (κ1) is 13.6. The molecule has 0 spiro atoms. The van der Waals surface area contributed by atoms with Crippen LogP contribution in [-0.2, 0) is 4.74 Å². The third kappa shape index (κ3) is 35.7. The molecule has 0 amide bonds. The van der Waals surface area contributed by atoms with E-state index in [-0.39, 0.29) is 7.45 Å². The van der Waals surface area contributed by atoms with Crippen LogP contribution in [0.5, 0.6) is 0 Å². The first-order chi connectivity index (χ1) is 5.31. The number of nitrogens with two attached hydrogens (primary N) is 1. The lowest BCUT2D eigenvalue weighted by molar-refractivity contribution is 0.368. The molecule has 0 bridgehead atoms. The predicted octanol–water partition coefficient (Wildman–Crippen LogP) is 1.38. The number of hydrogen-bond donors (Lipinski definition) is 1. The summed E-state index contributed by atoms with van der Waals surface area (Å²) in [4.78, 5) is 3.72. The van der Waals surface area contributed by atoms with Gasteiger partial charge in [-0.2, -0.15) is 0 Å². The molecule has 3 nitrogen and oxygen atoms in total. The standard InChI is InChI=1S/C4H10N2O.BF4/c1-3-6-4(5)7-2;2-1(3,4)5/h3H2,1-2H3,(H2,5,6);/q;-1/p+1. The topological polar surface area (TPSA) is 47.6 Å². The van der Waals surface area contributed by atoms with E-state index in [4.69, 9.17) is 5.73 Å². The lowest BCUT2D eigenvalue weighted by Gasteiger charge is -1.94. The molecule has 0 saturated heterocycles. The average Bonchev–Trinajstić information content (AvgIpc) is 1.85. The second-order valence-electron chi connectivity index (χ2n) is 1.51. The zero-order chi connectivity index (χ0) is 10.2. The average molecular weight is 190 g/mol. The normalized spacial score (nSPS) is 11.7. The van der Waals surface area contributed by atoms with Gasteiger partial charge in [0.1, 0.15) is 0 Å². The molecule has 0 aliphatic rings. The molecular weight excluding hydrogens is 179 g/mol. The van der Waals surface area contributed by atoms with Crippen LogP contribution in [0.3, 0.4) is 0 Å². The molecule has 8 heteroatoms. The Labute approximate surface area is 69.2 Å². The van der Waals surface area contributed by atoms with Crippen molar-refractivity contribution in [3.8, 4) is 0 Å². The summed E-state index contributed by atoms with van der Waals surface area (Å²) in [7, 11) is -4.51. The molecule has 74 valence electrons. The fourth-order valence-corrected chi connectivity index (χ4v) is 0.220. The Kier molecular flexibility index (Phi) is 7.66. The van der Waals surface area contributed by atoms with E-state index in [2.05, 4.69) is 9.73 Å². The summed E-state index contributed by atoms with van der Waals surface area (Å²) in [6.45, 7) is 2.57. The fourth-order valence-electron chi connectivity index (χ4n) is 0.220. The molecule has 0 aromatic carbocycles. The van der Waals surface area contributed by atoms with E-state index in [1.807, 2.05) is 6.92 Å². The molecule has 0 rings (SSSR count). The number of aliphatic imine (C=N–C) groups is 1. The summed E-state index contributed by atoms with van der Waals surface area (Å²) in [5, 5.41) is 0. The molecule has 12 heavy (non-hydrogen) atoms. The third-order valence-electron chi connectivity index (χ3n) is 0.523. The molecule has 2 N–H and O–H groups in total. The summed E-state index contributed by atoms with van der Waals surface area (Å²) in [5.74, 6) is 0. The quantitative estimate of drug-likeness (QED) is 0.294. The van der Waals surface area contributed by atoms with Crippen LogP contribution < -0.4 is 5.73 Å². The van der Waals surface area contributed by atoms with Crippen LogP contribution in [-0.4, -0.2) is 26.9 Å². The van der Waals surface area contributed by atoms with Crippen molar-refractivity contribution in [1.82, 2.24) is 0 Å². The summed E-state index contributed by atoms with van der Waals surface area (Å²) in [6, 6.07) is 0.252. The minimum Gasteiger partial charge on any atom is -0.469 e. The predicted molar refractivity (Wildman–Crippen MR) is 40.5 cm³/mol. The molecule has 0 radical (unpaired) electrons. The third-order valence-corrected chi connectivity index (χ3v) is 0.523. The SMILES string of the molecule is CCN=C(N)OC.F[B-](F)(F)F.[H+]. The minimum atomic E-state index is -6.00. The van der Waals surface area contributed by atoms with Crippen LogP contribution in [0.15, 0.2) is 4.99 Å². The van der Waals surface area contributed by atoms with E-state index in [0.29, 0.717) is 6.54 Å². The second-order valence-corrected chi connectivity index (χ2v) is 1.51. The number of rotatable bonds is 1. The molecule has 0 aliphatic carbocycles. The maximum atomic E-state index is 9.75. The lowest BCUT2D eigenvalue weighted by atomic mass is 10.3. The van der Waals surface area contributed by atoms with E-state index in [1.165, 1.54) is 7.11 Å². The van der Waals surface area contributed by atoms with Gasteiger partial charge in [-0.15, -0.1) is 0 Å². The van der Waals surface area contributed by atoms with Gasteiger partial charge >= 0.3 is 8.68 Å². The van der Waals surface area contributed by atoms with Gasteiger partial charge in [0, 0.05) is 6.54 Å². The van der Waals surface area contributed by atoms with E-state index in [1.54, 1.807) is 0 Å². The van der Waals surface area contributed by atoms with E-state index >= 15 is 0 Å². The van der Waals surface area contributed by atoms with Crippen molar-refractivity contribution < 1.29 is 23.4 Å². The molecule has 0 fully saturated rings. The van der Waals surface area contributed by atoms with Gasteiger partial charge in [-0.3, -0.25) is 0 Å². The summed E-state index contributed by atoms with van der Waals surface area (Å²) in [6.07, 6.45) is 0. The first-order valence-electron chi connectivity index (χ1n) is 3.02. The fraction of sp³-hybridized carbons (Fsp3) is 0.750. The van der Waals surface area contributed by atoms with Gasteiger partial charge in [0.25, 0.3) is 6.02 Å². The van der Waals surface area contributed by atoms with Gasteiger partial charge in [-0.25, -0.2) is 4.99 Å². The highest BCUT2D eigenvalue weighted by Crippen LogP contribution is 2.06. The smallest absolute Gasteiger partial charge is 0.469 e. The number of nitrogens with zero attached hydrogens (tertiary/aromatic N) is 1. The van der Waals surface area contributed by atoms with Crippen molar-refractivity contribution in [3.05, 3.63) is 0 Å². The van der Waals surface area contributed by atoms with E-state index < -0.39 is 7.25 Å². The maximum Gasteiger partial charge on any atom is 1.00 e. The second kappa shape index (κ2) is 6.75. The van der Waals surface area contributed by atoms with Crippen LogP contribution in [0, 0.1) is 0 Å². The highest BCUT2D eigenvalue weighted by molar-refractivity contribution is 6.50. The molecule has 0 aromatic heterocycles. The van der Waals surface area contributed by atoms with Crippen molar-refractivity contribution in [1.29, 1.82) is 0 Å². The van der Waals surface area contributed by atoms with Crippen LogP contribution >= 0.6 is 0 Å². The molecule has 0 saturated carbocycles.